The summed E-state index contributed by atoms with van der Waals surface area (Å²) in [5, 5.41) is 12.5. The van der Waals surface area contributed by atoms with E-state index in [1.54, 1.807) is 0 Å². The van der Waals surface area contributed by atoms with E-state index in [4.69, 9.17) is 5.73 Å². The fraction of sp³-hybridized carbons (Fsp3) is 0.917. The van der Waals surface area contributed by atoms with E-state index < -0.39 is 12.0 Å². The van der Waals surface area contributed by atoms with Gasteiger partial charge in [-0.25, -0.2) is 0 Å². The number of aliphatic hydroxyl groups excluding tert-OH is 1. The molecule has 1 amide bonds. The highest BCUT2D eigenvalue weighted by Crippen LogP contribution is 2.29. The molecule has 0 aliphatic heterocycles. The van der Waals surface area contributed by atoms with Gasteiger partial charge in [-0.15, -0.1) is 0 Å². The van der Waals surface area contributed by atoms with E-state index in [0.717, 1.165) is 18.8 Å². The summed E-state index contributed by atoms with van der Waals surface area (Å²) in [6, 6.07) is 0.426. The third kappa shape index (κ3) is 4.10. The van der Waals surface area contributed by atoms with Crippen molar-refractivity contribution >= 4 is 5.91 Å². The number of nitrogens with one attached hydrogen (secondary N) is 1. The molecule has 1 aliphatic carbocycles. The highest BCUT2D eigenvalue weighted by atomic mass is 16.3. The minimum absolute atomic E-state index is 0.283. The Labute approximate surface area is 97.6 Å². The van der Waals surface area contributed by atoms with Crippen LogP contribution >= 0.6 is 0 Å². The maximum Gasteiger partial charge on any atom is 0.247 e. The second kappa shape index (κ2) is 6.21. The minimum Gasteiger partial charge on any atom is -0.382 e. The molecule has 0 bridgehead atoms. The Bertz CT molecular complexity index is 231. The Hall–Kier alpha value is -0.610. The molecular weight excluding hydrogens is 204 g/mol. The highest BCUT2D eigenvalue weighted by molar-refractivity contribution is 5.78. The van der Waals surface area contributed by atoms with Crippen LogP contribution in [-0.4, -0.2) is 29.7 Å². The lowest BCUT2D eigenvalue weighted by Gasteiger charge is -2.32. The van der Waals surface area contributed by atoms with Crippen LogP contribution in [0.25, 0.3) is 0 Å². The molecule has 0 aromatic carbocycles. The van der Waals surface area contributed by atoms with Gasteiger partial charge in [0, 0.05) is 12.6 Å². The van der Waals surface area contributed by atoms with Crippen molar-refractivity contribution in [3.63, 3.8) is 0 Å². The first kappa shape index (κ1) is 13.5. The minimum atomic E-state index is -1.06. The Morgan fingerprint density at radius 3 is 2.75 bits per heavy atom. The van der Waals surface area contributed by atoms with Crippen LogP contribution in [0, 0.1) is 11.8 Å². The first-order valence-electron chi connectivity index (χ1n) is 6.21. The molecular formula is C12H24N2O2. The summed E-state index contributed by atoms with van der Waals surface area (Å²) in [5.74, 6) is 0.825. The van der Waals surface area contributed by atoms with Crippen LogP contribution in [0.1, 0.15) is 39.5 Å². The molecule has 0 aromatic rings. The van der Waals surface area contributed by atoms with Crippen LogP contribution in [-0.2, 0) is 4.79 Å². The summed E-state index contributed by atoms with van der Waals surface area (Å²) in [6.45, 7) is 4.79. The number of rotatable bonds is 5. The van der Waals surface area contributed by atoms with E-state index in [2.05, 4.69) is 19.2 Å². The number of aliphatic hydroxyl groups is 1. The molecule has 1 fully saturated rings. The van der Waals surface area contributed by atoms with Crippen LogP contribution < -0.4 is 11.1 Å². The van der Waals surface area contributed by atoms with Crippen molar-refractivity contribution in [3.05, 3.63) is 0 Å². The van der Waals surface area contributed by atoms with Gasteiger partial charge in [-0.1, -0.05) is 26.7 Å². The van der Waals surface area contributed by atoms with Gasteiger partial charge in [-0.05, 0) is 24.7 Å². The van der Waals surface area contributed by atoms with E-state index >= 15 is 0 Å². The van der Waals surface area contributed by atoms with Gasteiger partial charge in [-0.3, -0.25) is 4.79 Å². The Kier molecular flexibility index (Phi) is 5.22. The molecule has 3 unspecified atom stereocenters. The summed E-state index contributed by atoms with van der Waals surface area (Å²) in [5.41, 5.74) is 5.00. The van der Waals surface area contributed by atoms with E-state index in [-0.39, 0.29) is 6.54 Å². The second-order valence-electron chi connectivity index (χ2n) is 5.19. The van der Waals surface area contributed by atoms with Crippen LogP contribution in [0.4, 0.5) is 0 Å². The predicted molar refractivity (Wildman–Crippen MR) is 63.8 cm³/mol. The van der Waals surface area contributed by atoms with Crippen molar-refractivity contribution in [2.45, 2.75) is 51.7 Å². The summed E-state index contributed by atoms with van der Waals surface area (Å²) < 4.78 is 0. The SMILES string of the molecule is CC(C)C1CCCC(NCC(O)C(N)=O)C1. The Morgan fingerprint density at radius 2 is 2.19 bits per heavy atom. The zero-order valence-electron chi connectivity index (χ0n) is 10.3. The third-order valence-corrected chi connectivity index (χ3v) is 3.59. The predicted octanol–water partition coefficient (Wildman–Crippen LogP) is 0.637. The molecule has 4 heteroatoms. The van der Waals surface area contributed by atoms with E-state index in [1.807, 2.05) is 0 Å². The molecule has 0 heterocycles. The lowest BCUT2D eigenvalue weighted by Crippen LogP contribution is -2.43. The standard InChI is InChI=1S/C12H24N2O2/c1-8(2)9-4-3-5-10(6-9)14-7-11(15)12(13)16/h8-11,14-15H,3-7H2,1-2H3,(H2,13,16). The van der Waals surface area contributed by atoms with Crippen molar-refractivity contribution in [1.29, 1.82) is 0 Å². The molecule has 0 radical (unpaired) electrons. The van der Waals surface area contributed by atoms with Gasteiger partial charge >= 0.3 is 0 Å². The number of hydrogen-bond acceptors (Lipinski definition) is 3. The van der Waals surface area contributed by atoms with Crippen molar-refractivity contribution in [2.24, 2.45) is 17.6 Å². The van der Waals surface area contributed by atoms with Crippen molar-refractivity contribution < 1.29 is 9.90 Å². The quantitative estimate of drug-likeness (QED) is 0.646. The lowest BCUT2D eigenvalue weighted by atomic mass is 9.79. The fourth-order valence-corrected chi connectivity index (χ4v) is 2.40. The van der Waals surface area contributed by atoms with Gasteiger partial charge in [-0.2, -0.15) is 0 Å². The van der Waals surface area contributed by atoms with Crippen molar-refractivity contribution in [2.75, 3.05) is 6.54 Å². The van der Waals surface area contributed by atoms with Crippen LogP contribution in [0.2, 0.25) is 0 Å². The summed E-state index contributed by atoms with van der Waals surface area (Å²) in [4.78, 5) is 10.7. The van der Waals surface area contributed by atoms with Gasteiger partial charge in [0.2, 0.25) is 5.91 Å². The van der Waals surface area contributed by atoms with Crippen molar-refractivity contribution in [3.8, 4) is 0 Å². The molecule has 1 saturated carbocycles. The van der Waals surface area contributed by atoms with Crippen LogP contribution in [0.15, 0.2) is 0 Å². The highest BCUT2D eigenvalue weighted by Gasteiger charge is 2.24. The number of carbonyl (C=O) groups is 1. The van der Waals surface area contributed by atoms with E-state index in [9.17, 15) is 9.90 Å². The van der Waals surface area contributed by atoms with Crippen LogP contribution in [0.3, 0.4) is 0 Å². The van der Waals surface area contributed by atoms with E-state index in [1.165, 1.54) is 12.8 Å². The summed E-state index contributed by atoms with van der Waals surface area (Å²) >= 11 is 0. The van der Waals surface area contributed by atoms with Gasteiger partial charge in [0.15, 0.2) is 0 Å². The zero-order chi connectivity index (χ0) is 12.1. The van der Waals surface area contributed by atoms with Gasteiger partial charge in [0.25, 0.3) is 0 Å². The maximum atomic E-state index is 10.7. The molecule has 94 valence electrons. The maximum absolute atomic E-state index is 10.7. The average molecular weight is 228 g/mol. The number of primary amides is 1. The number of carbonyl (C=O) groups excluding carboxylic acids is 1. The topological polar surface area (TPSA) is 75.3 Å². The van der Waals surface area contributed by atoms with Gasteiger partial charge < -0.3 is 16.2 Å². The second-order valence-corrected chi connectivity index (χ2v) is 5.19. The molecule has 0 saturated heterocycles. The molecule has 1 rings (SSSR count). The summed E-state index contributed by atoms with van der Waals surface area (Å²) in [6.07, 6.45) is 3.75. The Morgan fingerprint density at radius 1 is 1.50 bits per heavy atom. The smallest absolute Gasteiger partial charge is 0.247 e. The monoisotopic (exact) mass is 228 g/mol. The van der Waals surface area contributed by atoms with Gasteiger partial charge in [0.1, 0.15) is 6.10 Å². The first-order valence-corrected chi connectivity index (χ1v) is 6.21. The van der Waals surface area contributed by atoms with Crippen LogP contribution in [0.5, 0.6) is 0 Å². The lowest BCUT2D eigenvalue weighted by molar-refractivity contribution is -0.125. The number of amides is 1. The number of nitrogens with two attached hydrogens (primary N) is 1. The molecule has 3 atom stereocenters. The number of hydrogen-bond donors (Lipinski definition) is 3. The summed E-state index contributed by atoms with van der Waals surface area (Å²) in [7, 11) is 0. The normalized spacial score (nSPS) is 28.0. The first-order chi connectivity index (χ1) is 7.50. The average Bonchev–Trinajstić information content (AvgIpc) is 2.26. The molecule has 1 aliphatic rings. The largest absolute Gasteiger partial charge is 0.382 e. The molecule has 16 heavy (non-hydrogen) atoms. The van der Waals surface area contributed by atoms with Crippen molar-refractivity contribution in [1.82, 2.24) is 5.32 Å². The fourth-order valence-electron chi connectivity index (χ4n) is 2.40. The van der Waals surface area contributed by atoms with E-state index in [0.29, 0.717) is 12.0 Å². The molecule has 4 nitrogen and oxygen atoms in total. The Balaban J connectivity index is 2.29. The van der Waals surface area contributed by atoms with Gasteiger partial charge in [0.05, 0.1) is 0 Å². The molecule has 0 aromatic heterocycles. The molecule has 4 N–H and O–H groups in total. The third-order valence-electron chi connectivity index (χ3n) is 3.59. The molecule has 0 spiro atoms. The zero-order valence-corrected chi connectivity index (χ0v) is 10.3.